The van der Waals surface area contributed by atoms with Gasteiger partial charge in [-0.3, -0.25) is 10.1 Å². The number of para-hydroxylation sites is 2. The van der Waals surface area contributed by atoms with Crippen molar-refractivity contribution in [1.29, 1.82) is 0 Å². The van der Waals surface area contributed by atoms with Gasteiger partial charge in [0.15, 0.2) is 11.1 Å². The fourth-order valence-electron chi connectivity index (χ4n) is 4.10. The third kappa shape index (κ3) is 4.54. The lowest BCUT2D eigenvalue weighted by Crippen LogP contribution is -2.33. The van der Waals surface area contributed by atoms with Gasteiger partial charge in [0.25, 0.3) is 5.69 Å². The van der Waals surface area contributed by atoms with E-state index in [0.717, 1.165) is 16.5 Å². The van der Waals surface area contributed by atoms with Crippen molar-refractivity contribution in [2.45, 2.75) is 22.0 Å². The van der Waals surface area contributed by atoms with E-state index in [2.05, 4.69) is 31.6 Å². The Kier molecular flexibility index (Phi) is 7.04. The van der Waals surface area contributed by atoms with Crippen molar-refractivity contribution in [3.8, 4) is 5.75 Å². The molecule has 4 atom stereocenters. The maximum absolute atomic E-state index is 11.8. The zero-order valence-electron chi connectivity index (χ0n) is 19.1. The number of anilines is 2. The Labute approximate surface area is 209 Å². The predicted molar refractivity (Wildman–Crippen MR) is 136 cm³/mol. The third-order valence-electron chi connectivity index (χ3n) is 5.70. The molecule has 0 aliphatic carbocycles. The van der Waals surface area contributed by atoms with Crippen LogP contribution in [0.1, 0.15) is 16.4 Å². The van der Waals surface area contributed by atoms with Crippen molar-refractivity contribution >= 4 is 51.6 Å². The lowest BCUT2D eigenvalue weighted by atomic mass is 10.1. The number of nitrogens with one attached hydrogen (secondary N) is 5. The van der Waals surface area contributed by atoms with E-state index in [9.17, 15) is 10.1 Å². The van der Waals surface area contributed by atoms with Crippen LogP contribution in [0.4, 0.5) is 17.2 Å². The number of rotatable bonds is 8. The van der Waals surface area contributed by atoms with Gasteiger partial charge in [0.1, 0.15) is 22.8 Å². The molecule has 1 aromatic heterocycles. The van der Waals surface area contributed by atoms with E-state index < -0.39 is 4.92 Å². The Bertz CT molecular complexity index is 1240. The van der Waals surface area contributed by atoms with E-state index >= 15 is 0 Å². The molecule has 0 spiro atoms. The Hall–Kier alpha value is -2.56. The van der Waals surface area contributed by atoms with Crippen LogP contribution >= 0.6 is 23.5 Å². The molecule has 0 radical (unpaired) electrons. The summed E-state index contributed by atoms with van der Waals surface area (Å²) in [7, 11) is 4.88. The quantitative estimate of drug-likeness (QED) is 0.221. The zero-order valence-corrected chi connectivity index (χ0v) is 20.7. The number of hydrogen-bond acceptors (Lipinski definition) is 12. The van der Waals surface area contributed by atoms with Crippen LogP contribution in [0.2, 0.25) is 0 Å². The maximum atomic E-state index is 11.8. The Morgan fingerprint density at radius 3 is 2.43 bits per heavy atom. The summed E-state index contributed by atoms with van der Waals surface area (Å²) >= 11 is 3.08. The van der Waals surface area contributed by atoms with Gasteiger partial charge in [0.2, 0.25) is 0 Å². The van der Waals surface area contributed by atoms with Gasteiger partial charge < -0.3 is 24.1 Å². The second-order valence-corrected chi connectivity index (χ2v) is 9.95. The molecule has 5 N–H and O–H groups in total. The number of fused-ring (bicyclic) bond motifs is 1. The van der Waals surface area contributed by atoms with Crippen LogP contribution in [-0.4, -0.2) is 41.9 Å². The van der Waals surface area contributed by atoms with Crippen molar-refractivity contribution in [2.75, 3.05) is 26.6 Å². The number of thioether (sulfide) groups is 2. The molecule has 0 amide bonds. The second-order valence-electron chi connectivity index (χ2n) is 7.63. The van der Waals surface area contributed by atoms with E-state index in [-0.39, 0.29) is 27.7 Å². The fourth-order valence-corrected chi connectivity index (χ4v) is 6.07. The number of hydrogen-bond donors (Lipinski definition) is 5. The smallest absolute Gasteiger partial charge is 0.292 e. The van der Waals surface area contributed by atoms with Crippen LogP contribution in [0.3, 0.4) is 0 Å². The maximum Gasteiger partial charge on any atom is 0.292 e. The zero-order chi connectivity index (χ0) is 24.5. The van der Waals surface area contributed by atoms with Gasteiger partial charge in [-0.1, -0.05) is 35.7 Å². The molecule has 4 unspecified atom stereocenters. The Balaban J connectivity index is 1.72. The van der Waals surface area contributed by atoms with Gasteiger partial charge in [-0.15, -0.1) is 0 Å². The summed E-state index contributed by atoms with van der Waals surface area (Å²) in [4.78, 5) is 11.4. The van der Waals surface area contributed by atoms with Crippen molar-refractivity contribution in [3.05, 3.63) is 58.1 Å². The largest absolute Gasteiger partial charge is 0.497 e. The SMILES string of the molecule is COc1ccc2c(c1)c(C1NNC(OC)S1)c(Nc1ccccc1[N+](=O)[O-])n2C1NNC(OC)S1. The first-order valence-corrected chi connectivity index (χ1v) is 12.5. The highest BCUT2D eigenvalue weighted by molar-refractivity contribution is 8.00. The summed E-state index contributed by atoms with van der Waals surface area (Å²) in [5, 5.41) is 15.8. The van der Waals surface area contributed by atoms with E-state index in [1.165, 1.54) is 17.8 Å². The predicted octanol–water partition coefficient (Wildman–Crippen LogP) is 3.30. The van der Waals surface area contributed by atoms with Gasteiger partial charge in [-0.05, 0) is 24.3 Å². The van der Waals surface area contributed by atoms with Crippen LogP contribution in [0.15, 0.2) is 42.5 Å². The summed E-state index contributed by atoms with van der Waals surface area (Å²) in [6, 6.07) is 12.4. The molecule has 186 valence electrons. The summed E-state index contributed by atoms with van der Waals surface area (Å²) in [6.45, 7) is 0. The van der Waals surface area contributed by atoms with Crippen LogP contribution in [0.25, 0.3) is 10.9 Å². The van der Waals surface area contributed by atoms with Gasteiger partial charge in [-0.2, -0.15) is 0 Å². The summed E-state index contributed by atoms with van der Waals surface area (Å²) in [6.07, 6.45) is 0. The molecule has 0 saturated carbocycles. The van der Waals surface area contributed by atoms with E-state index in [1.54, 1.807) is 51.3 Å². The van der Waals surface area contributed by atoms with Crippen molar-refractivity contribution in [3.63, 3.8) is 0 Å². The number of methoxy groups -OCH3 is 3. The van der Waals surface area contributed by atoms with Crippen LogP contribution < -0.4 is 31.8 Å². The Morgan fingerprint density at radius 1 is 1.00 bits per heavy atom. The minimum atomic E-state index is -0.395. The monoisotopic (exact) mass is 519 g/mol. The number of benzene rings is 2. The highest BCUT2D eigenvalue weighted by atomic mass is 32.2. The third-order valence-corrected chi connectivity index (χ3v) is 8.02. The molecule has 14 heteroatoms. The summed E-state index contributed by atoms with van der Waals surface area (Å²) in [5.74, 6) is 1.39. The first-order valence-electron chi connectivity index (χ1n) is 10.6. The molecule has 3 heterocycles. The number of nitro groups is 1. The van der Waals surface area contributed by atoms with Gasteiger partial charge in [0, 0.05) is 31.2 Å². The topological polar surface area (TPSA) is 136 Å². The molecule has 0 bridgehead atoms. The molecule has 2 aromatic carbocycles. The lowest BCUT2D eigenvalue weighted by Gasteiger charge is -2.20. The highest BCUT2D eigenvalue weighted by Gasteiger charge is 2.36. The molecule has 5 rings (SSSR count). The van der Waals surface area contributed by atoms with E-state index in [4.69, 9.17) is 14.2 Å². The van der Waals surface area contributed by atoms with Gasteiger partial charge >= 0.3 is 0 Å². The highest BCUT2D eigenvalue weighted by Crippen LogP contribution is 2.48. The molecule has 2 saturated heterocycles. The summed E-state index contributed by atoms with van der Waals surface area (Å²) in [5.41, 5.74) is 14.2. The number of ether oxygens (including phenoxy) is 3. The van der Waals surface area contributed by atoms with E-state index in [1.807, 2.05) is 18.2 Å². The molecule has 2 aliphatic heterocycles. The van der Waals surface area contributed by atoms with Crippen molar-refractivity contribution in [1.82, 2.24) is 26.3 Å². The molecule has 35 heavy (non-hydrogen) atoms. The minimum Gasteiger partial charge on any atom is -0.497 e. The normalized spacial score (nSPS) is 24.2. The van der Waals surface area contributed by atoms with Crippen molar-refractivity contribution in [2.24, 2.45) is 0 Å². The fraction of sp³-hybridized carbons (Fsp3) is 0.333. The number of nitro benzene ring substituents is 1. The Morgan fingerprint density at radius 2 is 1.74 bits per heavy atom. The average Bonchev–Trinajstić information content (AvgIpc) is 3.60. The van der Waals surface area contributed by atoms with E-state index in [0.29, 0.717) is 17.3 Å². The van der Waals surface area contributed by atoms with Crippen molar-refractivity contribution < 1.29 is 19.1 Å². The first kappa shape index (κ1) is 24.1. The molecular weight excluding hydrogens is 494 g/mol. The first-order chi connectivity index (χ1) is 17.0. The lowest BCUT2D eigenvalue weighted by molar-refractivity contribution is -0.383. The molecular formula is C21H25N7O5S2. The number of nitrogens with zero attached hydrogens (tertiary/aromatic N) is 2. The summed E-state index contributed by atoms with van der Waals surface area (Å²) < 4.78 is 18.5. The van der Waals surface area contributed by atoms with Gasteiger partial charge in [0.05, 0.1) is 22.9 Å². The molecule has 2 fully saturated rings. The number of aromatic nitrogens is 1. The molecule has 2 aliphatic rings. The minimum absolute atomic E-state index is 0.0207. The van der Waals surface area contributed by atoms with Crippen LogP contribution in [-0.2, 0) is 9.47 Å². The molecule has 12 nitrogen and oxygen atoms in total. The molecule has 3 aromatic rings. The van der Waals surface area contributed by atoms with Crippen LogP contribution in [0.5, 0.6) is 5.75 Å². The number of hydrazine groups is 2. The average molecular weight is 520 g/mol. The van der Waals surface area contributed by atoms with Crippen LogP contribution in [0, 0.1) is 10.1 Å². The standard InChI is InChI=1S/C21H25N7O5S2/c1-31-11-8-9-14-12(10-11)16(18-23-25-20(32-2)34-18)17(27(14)19-24-26-21(33-3)35-19)22-13-6-4-5-7-15(13)28(29)30/h4-10,18-26H,1-3H3. The van der Waals surface area contributed by atoms with Gasteiger partial charge in [-0.25, -0.2) is 21.7 Å². The second kappa shape index (κ2) is 10.2.